The lowest BCUT2D eigenvalue weighted by molar-refractivity contribution is 0.344. The van der Waals surface area contributed by atoms with Gasteiger partial charge in [0.15, 0.2) is 0 Å². The molecule has 1 aliphatic heterocycles. The van der Waals surface area contributed by atoms with Gasteiger partial charge in [-0.05, 0) is 6.42 Å². The molecule has 0 aliphatic carbocycles. The van der Waals surface area contributed by atoms with Crippen LogP contribution in [0.3, 0.4) is 0 Å². The molecule has 70 valence electrons. The van der Waals surface area contributed by atoms with Crippen molar-refractivity contribution in [1.29, 1.82) is 0 Å². The van der Waals surface area contributed by atoms with Gasteiger partial charge < -0.3 is 0 Å². The van der Waals surface area contributed by atoms with E-state index in [1.807, 2.05) is 6.92 Å². The van der Waals surface area contributed by atoms with Crippen molar-refractivity contribution in [2.45, 2.75) is 19.5 Å². The van der Waals surface area contributed by atoms with Crippen molar-refractivity contribution in [3.63, 3.8) is 0 Å². The maximum atomic E-state index is 10.6. The van der Waals surface area contributed by atoms with Crippen LogP contribution in [-0.2, 0) is 10.1 Å². The molecular weight excluding hydrogens is 182 g/mol. The van der Waals surface area contributed by atoms with Crippen LogP contribution in [0.1, 0.15) is 13.3 Å². The van der Waals surface area contributed by atoms with E-state index in [1.165, 1.54) is 12.1 Å². The van der Waals surface area contributed by atoms with E-state index in [1.54, 1.807) is 0 Å². The summed E-state index contributed by atoms with van der Waals surface area (Å²) in [6.07, 6.45) is 0.413. The van der Waals surface area contributed by atoms with Crippen LogP contribution in [-0.4, -0.2) is 36.4 Å². The molecule has 1 heterocycles. The quantitative estimate of drug-likeness (QED) is 0.544. The first-order valence-electron chi connectivity index (χ1n) is 3.50. The fraction of sp³-hybridized carbons (Fsp3) is 0.800. The molecule has 0 bridgehead atoms. The van der Waals surface area contributed by atoms with Gasteiger partial charge in [-0.25, -0.2) is 10.4 Å². The number of hydrogen-bond donors (Lipinski definition) is 2. The summed E-state index contributed by atoms with van der Waals surface area (Å²) >= 11 is 0. The number of hydrazine groups is 1. The van der Waals surface area contributed by atoms with E-state index < -0.39 is 10.1 Å². The van der Waals surface area contributed by atoms with Crippen molar-refractivity contribution in [3.05, 3.63) is 0 Å². The third kappa shape index (κ3) is 1.74. The number of rotatable bonds is 1. The number of aliphatic imine (C=N–C) groups is 1. The van der Waals surface area contributed by atoms with Gasteiger partial charge in [0, 0.05) is 7.05 Å². The second-order valence-corrected chi connectivity index (χ2v) is 3.81. The molecule has 6 nitrogen and oxygen atoms in total. The highest BCUT2D eigenvalue weighted by atomic mass is 32.2. The Morgan fingerprint density at radius 2 is 2.33 bits per heavy atom. The Morgan fingerprint density at radius 3 is 2.58 bits per heavy atom. The summed E-state index contributed by atoms with van der Waals surface area (Å²) in [6, 6.07) is 0. The molecule has 12 heavy (non-hydrogen) atoms. The second-order valence-electron chi connectivity index (χ2n) is 2.50. The van der Waals surface area contributed by atoms with E-state index in [9.17, 15) is 8.42 Å². The van der Waals surface area contributed by atoms with E-state index in [0.717, 1.165) is 0 Å². The molecule has 0 aromatic heterocycles. The third-order valence-corrected chi connectivity index (χ3v) is 2.35. The van der Waals surface area contributed by atoms with Gasteiger partial charge >= 0.3 is 10.1 Å². The fourth-order valence-corrected chi connectivity index (χ4v) is 1.61. The molecule has 1 atom stereocenters. The maximum absolute atomic E-state index is 10.6. The van der Waals surface area contributed by atoms with E-state index >= 15 is 0 Å². The average molecular weight is 193 g/mol. The molecule has 0 radical (unpaired) electrons. The van der Waals surface area contributed by atoms with Gasteiger partial charge in [0.25, 0.3) is 5.17 Å². The lowest BCUT2D eigenvalue weighted by Crippen LogP contribution is -2.39. The molecule has 7 heteroatoms. The van der Waals surface area contributed by atoms with Gasteiger partial charge in [0.2, 0.25) is 0 Å². The zero-order valence-electron chi connectivity index (χ0n) is 6.85. The highest BCUT2D eigenvalue weighted by molar-refractivity contribution is 8.01. The van der Waals surface area contributed by atoms with Crippen LogP contribution in [0.4, 0.5) is 0 Å². The fourth-order valence-electron chi connectivity index (χ4n) is 0.950. The topological polar surface area (TPSA) is 82.0 Å². The number of hydrogen-bond acceptors (Lipinski definition) is 5. The van der Waals surface area contributed by atoms with Crippen molar-refractivity contribution in [2.75, 3.05) is 7.05 Å². The molecular formula is C5H11N3O3S. The van der Waals surface area contributed by atoms with Gasteiger partial charge in [0.1, 0.15) is 6.17 Å². The highest BCUT2D eigenvalue weighted by Gasteiger charge is 2.28. The Labute approximate surface area is 71.0 Å². The largest absolute Gasteiger partial charge is 0.329 e. The van der Waals surface area contributed by atoms with Crippen LogP contribution in [0.2, 0.25) is 0 Å². The molecule has 0 spiro atoms. The molecule has 0 fully saturated rings. The normalized spacial score (nSPS) is 24.4. The Kier molecular flexibility index (Phi) is 2.36. The summed E-state index contributed by atoms with van der Waals surface area (Å²) in [6.45, 7) is 1.86. The summed E-state index contributed by atoms with van der Waals surface area (Å²) in [5.41, 5.74) is 2.75. The number of nitrogens with zero attached hydrogens (tertiary/aromatic N) is 2. The highest BCUT2D eigenvalue weighted by Crippen LogP contribution is 2.07. The molecule has 1 rings (SSSR count). The lowest BCUT2D eigenvalue weighted by Gasteiger charge is -2.12. The average Bonchev–Trinajstić information content (AvgIpc) is 2.29. The zero-order chi connectivity index (χ0) is 9.35. The monoisotopic (exact) mass is 193 g/mol. The molecule has 0 saturated carbocycles. The van der Waals surface area contributed by atoms with Crippen LogP contribution in [0, 0.1) is 0 Å². The van der Waals surface area contributed by atoms with Gasteiger partial charge in [-0.2, -0.15) is 8.42 Å². The summed E-state index contributed by atoms with van der Waals surface area (Å²) in [5, 5.41) is 0.873. The van der Waals surface area contributed by atoms with E-state index in [0.29, 0.717) is 6.42 Å². The smallest absolute Gasteiger partial charge is 0.282 e. The second kappa shape index (κ2) is 3.00. The molecule has 0 saturated heterocycles. The maximum Gasteiger partial charge on any atom is 0.329 e. The lowest BCUT2D eigenvalue weighted by atomic mass is 10.4. The minimum atomic E-state index is -4.18. The summed E-state index contributed by atoms with van der Waals surface area (Å²) in [4.78, 5) is 3.75. The molecule has 2 N–H and O–H groups in total. The molecule has 1 aliphatic rings. The summed E-state index contributed by atoms with van der Waals surface area (Å²) < 4.78 is 30.0. The minimum Gasteiger partial charge on any atom is -0.282 e. The minimum absolute atomic E-state index is 0.257. The van der Waals surface area contributed by atoms with Gasteiger partial charge in [-0.3, -0.25) is 9.56 Å². The summed E-state index contributed by atoms with van der Waals surface area (Å²) in [5.74, 6) is 0. The predicted octanol–water partition coefficient (Wildman–Crippen LogP) is -0.584. The first-order chi connectivity index (χ1) is 5.45. The van der Waals surface area contributed by atoms with Gasteiger partial charge in [0.05, 0.1) is 0 Å². The molecule has 0 amide bonds. The van der Waals surface area contributed by atoms with Gasteiger partial charge in [-0.15, -0.1) is 0 Å². The molecule has 0 aromatic carbocycles. The Bertz CT molecular complexity index is 297. The van der Waals surface area contributed by atoms with Gasteiger partial charge in [-0.1, -0.05) is 6.92 Å². The SMILES string of the molecule is CCC1N=C(S(=O)(=O)O)N(C)N1. The van der Waals surface area contributed by atoms with Crippen molar-refractivity contribution in [2.24, 2.45) is 4.99 Å². The Hall–Kier alpha value is -0.660. The molecule has 0 aromatic rings. The Balaban J connectivity index is 2.92. The van der Waals surface area contributed by atoms with Crippen LogP contribution in [0.5, 0.6) is 0 Å². The third-order valence-electron chi connectivity index (χ3n) is 1.51. The molecule has 1 unspecified atom stereocenters. The van der Waals surface area contributed by atoms with Crippen molar-refractivity contribution in [3.8, 4) is 0 Å². The predicted molar refractivity (Wildman–Crippen MR) is 44.0 cm³/mol. The van der Waals surface area contributed by atoms with Crippen molar-refractivity contribution >= 4 is 15.3 Å². The first-order valence-corrected chi connectivity index (χ1v) is 4.94. The number of amidine groups is 1. The first kappa shape index (κ1) is 9.43. The van der Waals surface area contributed by atoms with Crippen LogP contribution in [0.25, 0.3) is 0 Å². The zero-order valence-corrected chi connectivity index (χ0v) is 7.67. The van der Waals surface area contributed by atoms with E-state index in [2.05, 4.69) is 10.4 Å². The van der Waals surface area contributed by atoms with E-state index in [-0.39, 0.29) is 11.3 Å². The standard InChI is InChI=1S/C5H11N3O3S/c1-3-4-6-5(8(2)7-4)12(9,10)11/h4,7H,3H2,1-2H3,(H,9,10,11). The van der Waals surface area contributed by atoms with Crippen molar-refractivity contribution < 1.29 is 13.0 Å². The number of nitrogens with one attached hydrogen (secondary N) is 1. The van der Waals surface area contributed by atoms with Crippen LogP contribution >= 0.6 is 0 Å². The van der Waals surface area contributed by atoms with Crippen molar-refractivity contribution in [1.82, 2.24) is 10.4 Å². The van der Waals surface area contributed by atoms with Crippen LogP contribution in [0.15, 0.2) is 4.99 Å². The van der Waals surface area contributed by atoms with Crippen LogP contribution < -0.4 is 5.43 Å². The summed E-state index contributed by atoms with van der Waals surface area (Å²) in [7, 11) is -2.69. The Morgan fingerprint density at radius 1 is 1.75 bits per heavy atom. The van der Waals surface area contributed by atoms with E-state index in [4.69, 9.17) is 4.55 Å².